The minimum atomic E-state index is -0.921. The van der Waals surface area contributed by atoms with Crippen molar-refractivity contribution in [2.75, 3.05) is 31.1 Å². The van der Waals surface area contributed by atoms with Crippen molar-refractivity contribution >= 4 is 11.7 Å². The molecule has 1 aromatic carbocycles. The van der Waals surface area contributed by atoms with E-state index in [1.54, 1.807) is 11.1 Å². The van der Waals surface area contributed by atoms with E-state index in [0.29, 0.717) is 31.7 Å². The number of nitrogens with zero attached hydrogens (tertiary/aromatic N) is 3. The van der Waals surface area contributed by atoms with Crippen LogP contribution in [0.15, 0.2) is 36.5 Å². The standard InChI is InChI=1S/C18H19F2N3O/c1-13-4-5-21-17(10-13)22-6-8-23(9-7-22)18(24)12-14-2-3-15(19)16(20)11-14/h2-5,10-11H,6-9,12H2,1H3. The Kier molecular flexibility index (Phi) is 4.74. The summed E-state index contributed by atoms with van der Waals surface area (Å²) >= 11 is 0. The van der Waals surface area contributed by atoms with E-state index in [0.717, 1.165) is 23.5 Å². The number of hydrogen-bond donors (Lipinski definition) is 0. The van der Waals surface area contributed by atoms with E-state index < -0.39 is 11.6 Å². The molecular formula is C18H19F2N3O. The summed E-state index contributed by atoms with van der Waals surface area (Å²) in [5.41, 5.74) is 1.64. The first-order chi connectivity index (χ1) is 11.5. The maximum absolute atomic E-state index is 13.2. The van der Waals surface area contributed by atoms with Gasteiger partial charge in [0.1, 0.15) is 5.82 Å². The third kappa shape index (κ3) is 3.69. The van der Waals surface area contributed by atoms with Gasteiger partial charge in [0.05, 0.1) is 6.42 Å². The molecule has 24 heavy (non-hydrogen) atoms. The fraction of sp³-hybridized carbons (Fsp3) is 0.333. The first kappa shape index (κ1) is 16.4. The number of aryl methyl sites for hydroxylation is 1. The van der Waals surface area contributed by atoms with Gasteiger partial charge in [-0.15, -0.1) is 0 Å². The molecule has 6 heteroatoms. The summed E-state index contributed by atoms with van der Waals surface area (Å²) in [5, 5.41) is 0. The molecule has 3 rings (SSSR count). The molecule has 1 aromatic heterocycles. The van der Waals surface area contributed by atoms with Crippen LogP contribution in [0.5, 0.6) is 0 Å². The van der Waals surface area contributed by atoms with Gasteiger partial charge in [0.2, 0.25) is 5.91 Å². The van der Waals surface area contributed by atoms with Gasteiger partial charge >= 0.3 is 0 Å². The van der Waals surface area contributed by atoms with Crippen LogP contribution in [0, 0.1) is 18.6 Å². The molecule has 1 fully saturated rings. The van der Waals surface area contributed by atoms with Gasteiger partial charge in [0, 0.05) is 32.4 Å². The quantitative estimate of drug-likeness (QED) is 0.867. The van der Waals surface area contributed by atoms with Crippen molar-refractivity contribution in [2.24, 2.45) is 0 Å². The number of benzene rings is 1. The lowest BCUT2D eigenvalue weighted by molar-refractivity contribution is -0.130. The second-order valence-electron chi connectivity index (χ2n) is 5.98. The Morgan fingerprint density at radius 3 is 2.50 bits per heavy atom. The third-order valence-corrected chi connectivity index (χ3v) is 4.20. The highest BCUT2D eigenvalue weighted by atomic mass is 19.2. The van der Waals surface area contributed by atoms with Gasteiger partial charge < -0.3 is 9.80 Å². The monoisotopic (exact) mass is 331 g/mol. The highest BCUT2D eigenvalue weighted by molar-refractivity contribution is 5.79. The Bertz CT molecular complexity index is 743. The maximum atomic E-state index is 13.2. The average molecular weight is 331 g/mol. The van der Waals surface area contributed by atoms with Gasteiger partial charge in [0.15, 0.2) is 11.6 Å². The van der Waals surface area contributed by atoms with Crippen molar-refractivity contribution in [2.45, 2.75) is 13.3 Å². The zero-order valence-corrected chi connectivity index (χ0v) is 13.5. The molecule has 2 aromatic rings. The molecule has 0 bridgehead atoms. The van der Waals surface area contributed by atoms with E-state index >= 15 is 0 Å². The molecule has 0 N–H and O–H groups in total. The van der Waals surface area contributed by atoms with Crippen LogP contribution in [-0.2, 0) is 11.2 Å². The van der Waals surface area contributed by atoms with Crippen LogP contribution in [0.3, 0.4) is 0 Å². The highest BCUT2D eigenvalue weighted by Gasteiger charge is 2.22. The molecule has 2 heterocycles. The van der Waals surface area contributed by atoms with Crippen LogP contribution in [0.4, 0.5) is 14.6 Å². The number of piperazine rings is 1. The molecule has 0 radical (unpaired) electrons. The lowest BCUT2D eigenvalue weighted by Crippen LogP contribution is -2.49. The van der Waals surface area contributed by atoms with Crippen molar-refractivity contribution in [3.05, 3.63) is 59.3 Å². The molecule has 1 saturated heterocycles. The topological polar surface area (TPSA) is 36.4 Å². The number of amides is 1. The number of pyridine rings is 1. The van der Waals surface area contributed by atoms with Crippen molar-refractivity contribution in [3.8, 4) is 0 Å². The SMILES string of the molecule is Cc1ccnc(N2CCN(C(=O)Cc3ccc(F)c(F)c3)CC2)c1. The second kappa shape index (κ2) is 6.95. The van der Waals surface area contributed by atoms with Crippen LogP contribution in [0.2, 0.25) is 0 Å². The zero-order valence-electron chi connectivity index (χ0n) is 13.5. The number of hydrogen-bond acceptors (Lipinski definition) is 3. The minimum absolute atomic E-state index is 0.0714. The first-order valence-corrected chi connectivity index (χ1v) is 7.92. The van der Waals surface area contributed by atoms with Crippen LogP contribution in [-0.4, -0.2) is 42.0 Å². The van der Waals surface area contributed by atoms with Crippen molar-refractivity contribution < 1.29 is 13.6 Å². The summed E-state index contributed by atoms with van der Waals surface area (Å²) in [4.78, 5) is 20.6. The molecule has 1 amide bonds. The molecule has 0 unspecified atom stereocenters. The Hall–Kier alpha value is -2.50. The van der Waals surface area contributed by atoms with Crippen LogP contribution >= 0.6 is 0 Å². The molecule has 1 aliphatic heterocycles. The number of aromatic nitrogens is 1. The summed E-state index contributed by atoms with van der Waals surface area (Å²) < 4.78 is 26.2. The smallest absolute Gasteiger partial charge is 0.227 e. The van der Waals surface area contributed by atoms with Gasteiger partial charge in [0.25, 0.3) is 0 Å². The second-order valence-corrected chi connectivity index (χ2v) is 5.98. The van der Waals surface area contributed by atoms with Gasteiger partial charge in [-0.3, -0.25) is 4.79 Å². The lowest BCUT2D eigenvalue weighted by Gasteiger charge is -2.35. The van der Waals surface area contributed by atoms with Crippen molar-refractivity contribution in [1.29, 1.82) is 0 Å². The summed E-state index contributed by atoms with van der Waals surface area (Å²) in [6.45, 7) is 4.63. The van der Waals surface area contributed by atoms with E-state index in [9.17, 15) is 13.6 Å². The molecule has 0 saturated carbocycles. The number of rotatable bonds is 3. The highest BCUT2D eigenvalue weighted by Crippen LogP contribution is 2.16. The molecule has 1 aliphatic rings. The Labute approximate surface area is 139 Å². The third-order valence-electron chi connectivity index (χ3n) is 4.20. The number of anilines is 1. The lowest BCUT2D eigenvalue weighted by atomic mass is 10.1. The van der Waals surface area contributed by atoms with Crippen LogP contribution in [0.1, 0.15) is 11.1 Å². The summed E-state index contributed by atoms with van der Waals surface area (Å²) in [6, 6.07) is 7.56. The van der Waals surface area contributed by atoms with E-state index in [2.05, 4.69) is 9.88 Å². The first-order valence-electron chi connectivity index (χ1n) is 7.92. The van der Waals surface area contributed by atoms with E-state index in [1.807, 2.05) is 19.1 Å². The molecule has 0 aliphatic carbocycles. The van der Waals surface area contributed by atoms with Crippen molar-refractivity contribution in [3.63, 3.8) is 0 Å². The van der Waals surface area contributed by atoms with E-state index in [1.165, 1.54) is 6.07 Å². The molecule has 0 spiro atoms. The Morgan fingerprint density at radius 2 is 1.83 bits per heavy atom. The predicted octanol–water partition coefficient (Wildman–Crippen LogP) is 2.56. The van der Waals surface area contributed by atoms with Gasteiger partial charge in [-0.05, 0) is 42.3 Å². The van der Waals surface area contributed by atoms with Crippen LogP contribution in [0.25, 0.3) is 0 Å². The van der Waals surface area contributed by atoms with E-state index in [4.69, 9.17) is 0 Å². The number of halogens is 2. The van der Waals surface area contributed by atoms with E-state index in [-0.39, 0.29) is 12.3 Å². The number of carbonyl (C=O) groups is 1. The minimum Gasteiger partial charge on any atom is -0.353 e. The Morgan fingerprint density at radius 1 is 1.08 bits per heavy atom. The van der Waals surface area contributed by atoms with Gasteiger partial charge in [-0.2, -0.15) is 0 Å². The molecule has 0 atom stereocenters. The largest absolute Gasteiger partial charge is 0.353 e. The predicted molar refractivity (Wildman–Crippen MR) is 87.8 cm³/mol. The summed E-state index contributed by atoms with van der Waals surface area (Å²) in [6.07, 6.45) is 1.87. The average Bonchev–Trinajstić information content (AvgIpc) is 2.58. The molecule has 126 valence electrons. The Balaban J connectivity index is 1.58. The molecule has 4 nitrogen and oxygen atoms in total. The van der Waals surface area contributed by atoms with Gasteiger partial charge in [-0.1, -0.05) is 6.07 Å². The van der Waals surface area contributed by atoms with Gasteiger partial charge in [-0.25, -0.2) is 13.8 Å². The summed E-state index contributed by atoms with van der Waals surface area (Å²) in [7, 11) is 0. The van der Waals surface area contributed by atoms with Crippen molar-refractivity contribution in [1.82, 2.24) is 9.88 Å². The summed E-state index contributed by atoms with van der Waals surface area (Å²) in [5.74, 6) is -0.971. The van der Waals surface area contributed by atoms with Crippen LogP contribution < -0.4 is 4.90 Å². The zero-order chi connectivity index (χ0) is 17.1. The molecular weight excluding hydrogens is 312 g/mol. The normalized spacial score (nSPS) is 14.8. The number of carbonyl (C=O) groups excluding carboxylic acids is 1. The maximum Gasteiger partial charge on any atom is 0.227 e. The fourth-order valence-corrected chi connectivity index (χ4v) is 2.81. The fourth-order valence-electron chi connectivity index (χ4n) is 2.81.